The zero-order chi connectivity index (χ0) is 19.4. The molecule has 0 saturated carbocycles. The molecule has 0 radical (unpaired) electrons. The predicted molar refractivity (Wildman–Crippen MR) is 100 cm³/mol. The Morgan fingerprint density at radius 3 is 2.56 bits per heavy atom. The van der Waals surface area contributed by atoms with Crippen molar-refractivity contribution in [3.8, 4) is 5.75 Å². The second-order valence-corrected chi connectivity index (χ2v) is 8.07. The highest BCUT2D eigenvalue weighted by Gasteiger charge is 2.30. The van der Waals surface area contributed by atoms with Gasteiger partial charge in [0, 0.05) is 19.3 Å². The maximum Gasteiger partial charge on any atom is 0.271 e. The van der Waals surface area contributed by atoms with Gasteiger partial charge in [0.05, 0.1) is 12.8 Å². The largest absolute Gasteiger partial charge is 0.495 e. The first-order valence-corrected chi connectivity index (χ1v) is 10.00. The summed E-state index contributed by atoms with van der Waals surface area (Å²) in [5.41, 5.74) is -0.238. The molecule has 8 nitrogen and oxygen atoms in total. The molecular weight excluding hydrogens is 370 g/mol. The summed E-state index contributed by atoms with van der Waals surface area (Å²) in [6.07, 6.45) is 2.95. The van der Waals surface area contributed by atoms with E-state index in [9.17, 15) is 18.0 Å². The standard InChI is InChI=1S/C18H21N3O5S/c1-26-15-8-3-2-7-14(15)19-17(22)13-20-10-6-9-16(18(20)23)27(24,25)21-11-4-5-12-21/h2-3,6-10H,4-5,11-13H2,1H3,(H,19,22). The molecular formula is C18H21N3O5S. The zero-order valence-corrected chi connectivity index (χ0v) is 15.7. The topological polar surface area (TPSA) is 97.7 Å². The fraction of sp³-hybridized carbons (Fsp3) is 0.333. The molecule has 144 valence electrons. The van der Waals surface area contributed by atoms with Crippen LogP contribution in [-0.4, -0.2) is 43.4 Å². The van der Waals surface area contributed by atoms with E-state index in [4.69, 9.17) is 4.74 Å². The van der Waals surface area contributed by atoms with Crippen LogP contribution < -0.4 is 15.6 Å². The Labute approximate surface area is 157 Å². The van der Waals surface area contributed by atoms with Gasteiger partial charge in [-0.3, -0.25) is 9.59 Å². The highest BCUT2D eigenvalue weighted by Crippen LogP contribution is 2.23. The van der Waals surface area contributed by atoms with Crippen LogP contribution >= 0.6 is 0 Å². The number of pyridine rings is 1. The average Bonchev–Trinajstić information content (AvgIpc) is 3.19. The Balaban J connectivity index is 1.82. The molecule has 1 aliphatic rings. The third-order valence-corrected chi connectivity index (χ3v) is 6.27. The third-order valence-electron chi connectivity index (χ3n) is 4.36. The smallest absolute Gasteiger partial charge is 0.271 e. The fourth-order valence-electron chi connectivity index (χ4n) is 3.00. The lowest BCUT2D eigenvalue weighted by Crippen LogP contribution is -2.36. The predicted octanol–water partition coefficient (Wildman–Crippen LogP) is 1.28. The lowest BCUT2D eigenvalue weighted by atomic mass is 10.3. The van der Waals surface area contributed by atoms with Gasteiger partial charge in [-0.2, -0.15) is 4.31 Å². The normalized spacial score (nSPS) is 14.9. The first-order valence-electron chi connectivity index (χ1n) is 8.56. The van der Waals surface area contributed by atoms with Gasteiger partial charge in [-0.15, -0.1) is 0 Å². The molecule has 1 amide bonds. The second-order valence-electron chi connectivity index (χ2n) is 6.17. The van der Waals surface area contributed by atoms with Crippen molar-refractivity contribution in [1.82, 2.24) is 8.87 Å². The van der Waals surface area contributed by atoms with Gasteiger partial charge in [0.15, 0.2) is 0 Å². The van der Waals surface area contributed by atoms with Gasteiger partial charge in [0.2, 0.25) is 15.9 Å². The Morgan fingerprint density at radius 2 is 1.85 bits per heavy atom. The molecule has 0 unspecified atom stereocenters. The number of hydrogen-bond donors (Lipinski definition) is 1. The monoisotopic (exact) mass is 391 g/mol. The number of anilines is 1. The molecule has 1 saturated heterocycles. The summed E-state index contributed by atoms with van der Waals surface area (Å²) in [6.45, 7) is 0.510. The highest BCUT2D eigenvalue weighted by molar-refractivity contribution is 7.89. The van der Waals surface area contributed by atoms with Crippen molar-refractivity contribution in [1.29, 1.82) is 0 Å². The molecule has 1 aliphatic heterocycles. The van der Waals surface area contributed by atoms with Crippen LogP contribution in [0.25, 0.3) is 0 Å². The lowest BCUT2D eigenvalue weighted by molar-refractivity contribution is -0.116. The van der Waals surface area contributed by atoms with E-state index in [1.807, 2.05) is 0 Å². The lowest BCUT2D eigenvalue weighted by Gasteiger charge is -2.16. The van der Waals surface area contributed by atoms with Crippen LogP contribution in [0.4, 0.5) is 5.69 Å². The molecule has 2 heterocycles. The SMILES string of the molecule is COc1ccccc1NC(=O)Cn1cccc(S(=O)(=O)N2CCCC2)c1=O. The first-order chi connectivity index (χ1) is 12.9. The molecule has 1 aromatic heterocycles. The second kappa shape index (κ2) is 7.93. The molecule has 27 heavy (non-hydrogen) atoms. The van der Waals surface area contributed by atoms with Crippen LogP contribution in [0.2, 0.25) is 0 Å². The Morgan fingerprint density at radius 1 is 1.15 bits per heavy atom. The number of amides is 1. The van der Waals surface area contributed by atoms with Crippen molar-refractivity contribution in [3.63, 3.8) is 0 Å². The minimum Gasteiger partial charge on any atom is -0.495 e. The third kappa shape index (κ3) is 4.04. The summed E-state index contributed by atoms with van der Waals surface area (Å²) in [5.74, 6) is 0.0286. The molecule has 1 fully saturated rings. The molecule has 2 aromatic rings. The van der Waals surface area contributed by atoms with Crippen LogP contribution in [0.5, 0.6) is 5.75 Å². The number of carbonyl (C=O) groups excluding carboxylic acids is 1. The zero-order valence-electron chi connectivity index (χ0n) is 14.9. The van der Waals surface area contributed by atoms with Crippen molar-refractivity contribution in [3.05, 3.63) is 52.9 Å². The van der Waals surface area contributed by atoms with Gasteiger partial charge in [-0.05, 0) is 37.1 Å². The van der Waals surface area contributed by atoms with Crippen LogP contribution in [-0.2, 0) is 21.4 Å². The van der Waals surface area contributed by atoms with Crippen molar-refractivity contribution in [2.45, 2.75) is 24.3 Å². The van der Waals surface area contributed by atoms with Crippen LogP contribution in [0, 0.1) is 0 Å². The summed E-state index contributed by atoms with van der Waals surface area (Å²) < 4.78 is 32.9. The Bertz CT molecular complexity index is 994. The van der Waals surface area contributed by atoms with Crippen molar-refractivity contribution < 1.29 is 17.9 Å². The van der Waals surface area contributed by atoms with Gasteiger partial charge in [0.25, 0.3) is 5.56 Å². The molecule has 3 rings (SSSR count). The molecule has 1 N–H and O–H groups in total. The van der Waals surface area contributed by atoms with Crippen LogP contribution in [0.3, 0.4) is 0 Å². The molecule has 0 atom stereocenters. The van der Waals surface area contributed by atoms with E-state index in [-0.39, 0.29) is 11.4 Å². The van der Waals surface area contributed by atoms with E-state index in [1.165, 1.54) is 29.7 Å². The van der Waals surface area contributed by atoms with Gasteiger partial charge in [-0.1, -0.05) is 12.1 Å². The number of carbonyl (C=O) groups is 1. The number of ether oxygens (including phenoxy) is 1. The number of aromatic nitrogens is 1. The number of benzene rings is 1. The number of nitrogens with zero attached hydrogens (tertiary/aromatic N) is 2. The summed E-state index contributed by atoms with van der Waals surface area (Å²) in [5, 5.41) is 2.67. The molecule has 9 heteroatoms. The van der Waals surface area contributed by atoms with Crippen molar-refractivity contribution in [2.75, 3.05) is 25.5 Å². The molecule has 0 bridgehead atoms. The Hall–Kier alpha value is -2.65. The summed E-state index contributed by atoms with van der Waals surface area (Å²) >= 11 is 0. The van der Waals surface area contributed by atoms with Crippen molar-refractivity contribution >= 4 is 21.6 Å². The first kappa shape index (κ1) is 19.1. The fourth-order valence-corrected chi connectivity index (χ4v) is 4.60. The van der Waals surface area contributed by atoms with Crippen LogP contribution in [0.1, 0.15) is 12.8 Å². The van der Waals surface area contributed by atoms with E-state index >= 15 is 0 Å². The van der Waals surface area contributed by atoms with Gasteiger partial charge < -0.3 is 14.6 Å². The van der Waals surface area contributed by atoms with E-state index in [0.29, 0.717) is 24.5 Å². The van der Waals surface area contributed by atoms with Crippen LogP contribution in [0.15, 0.2) is 52.3 Å². The van der Waals surface area contributed by atoms with E-state index < -0.39 is 21.5 Å². The van der Waals surface area contributed by atoms with Crippen molar-refractivity contribution in [2.24, 2.45) is 0 Å². The maximum atomic E-state index is 12.7. The van der Waals surface area contributed by atoms with E-state index in [1.54, 1.807) is 24.3 Å². The number of para-hydroxylation sites is 2. The van der Waals surface area contributed by atoms with Gasteiger partial charge >= 0.3 is 0 Å². The minimum atomic E-state index is -3.85. The molecule has 0 spiro atoms. The summed E-state index contributed by atoms with van der Waals surface area (Å²) in [6, 6.07) is 9.63. The Kier molecular flexibility index (Phi) is 5.62. The quantitative estimate of drug-likeness (QED) is 0.800. The number of rotatable bonds is 6. The summed E-state index contributed by atoms with van der Waals surface area (Å²) in [7, 11) is -2.36. The number of methoxy groups -OCH3 is 1. The maximum absolute atomic E-state index is 12.7. The van der Waals surface area contributed by atoms with E-state index in [0.717, 1.165) is 17.4 Å². The van der Waals surface area contributed by atoms with Gasteiger partial charge in [-0.25, -0.2) is 8.42 Å². The number of sulfonamides is 1. The number of hydrogen-bond acceptors (Lipinski definition) is 5. The molecule has 1 aromatic carbocycles. The highest BCUT2D eigenvalue weighted by atomic mass is 32.2. The summed E-state index contributed by atoms with van der Waals surface area (Å²) in [4.78, 5) is 24.7. The van der Waals surface area contributed by atoms with E-state index in [2.05, 4.69) is 5.32 Å². The minimum absolute atomic E-state index is 0.305. The molecule has 0 aliphatic carbocycles. The van der Waals surface area contributed by atoms with Gasteiger partial charge in [0.1, 0.15) is 17.2 Å². The number of nitrogens with one attached hydrogen (secondary N) is 1. The average molecular weight is 391 g/mol.